The highest BCUT2D eigenvalue weighted by atomic mass is 16.5. The van der Waals surface area contributed by atoms with E-state index < -0.39 is 0 Å². The van der Waals surface area contributed by atoms with Crippen molar-refractivity contribution >= 4 is 11.4 Å². The highest BCUT2D eigenvalue weighted by Crippen LogP contribution is 2.28. The van der Waals surface area contributed by atoms with Crippen LogP contribution in [0.3, 0.4) is 0 Å². The van der Waals surface area contributed by atoms with Gasteiger partial charge in [0.15, 0.2) is 0 Å². The van der Waals surface area contributed by atoms with Crippen molar-refractivity contribution in [3.05, 3.63) is 108 Å². The van der Waals surface area contributed by atoms with Crippen LogP contribution in [0.5, 0.6) is 23.0 Å². The maximum atomic E-state index is 5.88. The number of benzene rings is 4. The van der Waals surface area contributed by atoms with Gasteiger partial charge in [-0.15, -0.1) is 0 Å². The Labute approximate surface area is 189 Å². The molecule has 0 saturated heterocycles. The fourth-order valence-electron chi connectivity index (χ4n) is 3.57. The number of rotatable bonds is 8. The van der Waals surface area contributed by atoms with E-state index in [0.29, 0.717) is 17.3 Å². The Morgan fingerprint density at radius 3 is 1.62 bits per heavy atom. The van der Waals surface area contributed by atoms with Crippen LogP contribution in [0.2, 0.25) is 0 Å². The Bertz CT molecular complexity index is 1150. The van der Waals surface area contributed by atoms with Gasteiger partial charge in [-0.2, -0.15) is 0 Å². The van der Waals surface area contributed by atoms with Crippen molar-refractivity contribution in [2.75, 3.05) is 11.5 Å². The lowest BCUT2D eigenvalue weighted by Gasteiger charge is -2.13. The average molecular weight is 425 g/mol. The minimum absolute atomic E-state index is 0.444. The maximum absolute atomic E-state index is 5.88. The van der Waals surface area contributed by atoms with Gasteiger partial charge in [0.25, 0.3) is 0 Å². The zero-order valence-electron chi connectivity index (χ0n) is 18.2. The van der Waals surface area contributed by atoms with Gasteiger partial charge >= 0.3 is 0 Å². The SMILES string of the molecule is CC(CCc1ccc(Oc2cccc(N)c2)cc1)c1ccc(Oc2cccc(N)c2)cc1. The monoisotopic (exact) mass is 424 g/mol. The Hall–Kier alpha value is -3.92. The lowest BCUT2D eigenvalue weighted by atomic mass is 9.94. The van der Waals surface area contributed by atoms with Crippen LogP contribution in [0.1, 0.15) is 30.4 Å². The molecular weight excluding hydrogens is 396 g/mol. The summed E-state index contributed by atoms with van der Waals surface area (Å²) in [5.74, 6) is 3.55. The van der Waals surface area contributed by atoms with Gasteiger partial charge in [0.2, 0.25) is 0 Å². The zero-order chi connectivity index (χ0) is 22.3. The molecule has 4 aromatic carbocycles. The summed E-state index contributed by atoms with van der Waals surface area (Å²) in [6, 6.07) is 31.5. The van der Waals surface area contributed by atoms with Gasteiger partial charge in [0.05, 0.1) is 0 Å². The van der Waals surface area contributed by atoms with Gasteiger partial charge in [0.1, 0.15) is 23.0 Å². The molecule has 4 nitrogen and oxygen atoms in total. The molecule has 0 spiro atoms. The van der Waals surface area contributed by atoms with E-state index in [1.165, 1.54) is 11.1 Å². The molecular formula is C28H28N2O2. The molecule has 4 heteroatoms. The summed E-state index contributed by atoms with van der Waals surface area (Å²) in [7, 11) is 0. The van der Waals surface area contributed by atoms with E-state index in [0.717, 1.165) is 35.8 Å². The molecule has 0 bridgehead atoms. The first-order chi connectivity index (χ1) is 15.5. The normalized spacial score (nSPS) is 11.7. The van der Waals surface area contributed by atoms with Crippen LogP contribution in [0.25, 0.3) is 0 Å². The molecule has 0 heterocycles. The number of nitrogens with two attached hydrogens (primary N) is 2. The molecule has 1 unspecified atom stereocenters. The van der Waals surface area contributed by atoms with E-state index in [1.807, 2.05) is 72.8 Å². The second-order valence-corrected chi connectivity index (χ2v) is 8.00. The molecule has 0 aliphatic rings. The maximum Gasteiger partial charge on any atom is 0.129 e. The number of anilines is 2. The van der Waals surface area contributed by atoms with E-state index in [-0.39, 0.29) is 0 Å². The second kappa shape index (κ2) is 9.92. The number of nitrogen functional groups attached to an aromatic ring is 2. The molecule has 4 N–H and O–H groups in total. The van der Waals surface area contributed by atoms with E-state index >= 15 is 0 Å². The topological polar surface area (TPSA) is 70.5 Å². The smallest absolute Gasteiger partial charge is 0.129 e. The molecule has 0 fully saturated rings. The van der Waals surface area contributed by atoms with Crippen LogP contribution in [-0.4, -0.2) is 0 Å². The fraction of sp³-hybridized carbons (Fsp3) is 0.143. The molecule has 0 radical (unpaired) electrons. The van der Waals surface area contributed by atoms with E-state index in [4.69, 9.17) is 20.9 Å². The van der Waals surface area contributed by atoms with Crippen LogP contribution < -0.4 is 20.9 Å². The lowest BCUT2D eigenvalue weighted by molar-refractivity contribution is 0.482. The van der Waals surface area contributed by atoms with Crippen molar-refractivity contribution in [1.29, 1.82) is 0 Å². The first-order valence-corrected chi connectivity index (χ1v) is 10.8. The first kappa shape index (κ1) is 21.3. The molecule has 0 saturated carbocycles. The van der Waals surface area contributed by atoms with Gasteiger partial charge in [-0.3, -0.25) is 0 Å². The van der Waals surface area contributed by atoms with Crippen molar-refractivity contribution in [1.82, 2.24) is 0 Å². The van der Waals surface area contributed by atoms with Gasteiger partial charge in [-0.1, -0.05) is 43.3 Å². The van der Waals surface area contributed by atoms with Gasteiger partial charge in [-0.05, 0) is 78.4 Å². The van der Waals surface area contributed by atoms with E-state index in [2.05, 4.69) is 31.2 Å². The summed E-state index contributed by atoms with van der Waals surface area (Å²) >= 11 is 0. The third-order valence-electron chi connectivity index (χ3n) is 5.43. The van der Waals surface area contributed by atoms with E-state index in [9.17, 15) is 0 Å². The molecule has 1 atom stereocenters. The highest BCUT2D eigenvalue weighted by Gasteiger charge is 2.08. The number of aryl methyl sites for hydroxylation is 1. The van der Waals surface area contributed by atoms with E-state index in [1.54, 1.807) is 0 Å². The van der Waals surface area contributed by atoms with Crippen LogP contribution in [0.4, 0.5) is 11.4 Å². The summed E-state index contributed by atoms with van der Waals surface area (Å²) in [5, 5.41) is 0. The minimum atomic E-state index is 0.444. The average Bonchev–Trinajstić information content (AvgIpc) is 2.79. The molecule has 4 rings (SSSR count). The third-order valence-corrected chi connectivity index (χ3v) is 5.43. The van der Waals surface area contributed by atoms with Crippen LogP contribution in [0, 0.1) is 0 Å². The zero-order valence-corrected chi connectivity index (χ0v) is 18.2. The number of ether oxygens (including phenoxy) is 2. The van der Waals surface area contributed by atoms with Crippen molar-refractivity contribution in [2.24, 2.45) is 0 Å². The number of hydrogen-bond acceptors (Lipinski definition) is 4. The van der Waals surface area contributed by atoms with Crippen molar-refractivity contribution < 1.29 is 9.47 Å². The number of hydrogen-bond donors (Lipinski definition) is 2. The predicted molar refractivity (Wildman–Crippen MR) is 131 cm³/mol. The summed E-state index contributed by atoms with van der Waals surface area (Å²) in [6.07, 6.45) is 2.06. The molecule has 4 aromatic rings. The molecule has 162 valence electrons. The summed E-state index contributed by atoms with van der Waals surface area (Å²) in [5.41, 5.74) is 15.6. The predicted octanol–water partition coefficient (Wildman–Crippen LogP) is 7.17. The quantitative estimate of drug-likeness (QED) is 0.294. The first-order valence-electron chi connectivity index (χ1n) is 10.8. The molecule has 0 aromatic heterocycles. The van der Waals surface area contributed by atoms with Gasteiger partial charge in [-0.25, -0.2) is 0 Å². The van der Waals surface area contributed by atoms with Gasteiger partial charge in [0, 0.05) is 23.5 Å². The Morgan fingerprint density at radius 2 is 1.12 bits per heavy atom. The summed E-state index contributed by atoms with van der Waals surface area (Å²) in [6.45, 7) is 2.26. The van der Waals surface area contributed by atoms with Crippen LogP contribution in [-0.2, 0) is 6.42 Å². The molecule has 0 aliphatic carbocycles. The van der Waals surface area contributed by atoms with Crippen molar-refractivity contribution in [3.8, 4) is 23.0 Å². The standard InChI is InChI=1S/C28H28N2O2/c1-20(22-12-16-26(17-13-22)32-28-7-3-5-24(30)19-28)8-9-21-10-14-25(15-11-21)31-27-6-2-4-23(29)18-27/h2-7,10-20H,8-9,29-30H2,1H3. The largest absolute Gasteiger partial charge is 0.457 e. The van der Waals surface area contributed by atoms with Crippen LogP contribution >= 0.6 is 0 Å². The Kier molecular flexibility index (Phi) is 6.61. The Morgan fingerprint density at radius 1 is 0.625 bits per heavy atom. The van der Waals surface area contributed by atoms with Crippen molar-refractivity contribution in [3.63, 3.8) is 0 Å². The fourth-order valence-corrected chi connectivity index (χ4v) is 3.57. The highest BCUT2D eigenvalue weighted by molar-refractivity contribution is 5.46. The summed E-state index contributed by atoms with van der Waals surface area (Å²) < 4.78 is 11.8. The molecule has 32 heavy (non-hydrogen) atoms. The molecule has 0 amide bonds. The van der Waals surface area contributed by atoms with Crippen LogP contribution in [0.15, 0.2) is 97.1 Å². The summed E-state index contributed by atoms with van der Waals surface area (Å²) in [4.78, 5) is 0. The molecule has 0 aliphatic heterocycles. The Balaban J connectivity index is 1.29. The van der Waals surface area contributed by atoms with Crippen molar-refractivity contribution in [2.45, 2.75) is 25.7 Å². The third kappa shape index (κ3) is 5.82. The second-order valence-electron chi connectivity index (χ2n) is 8.00. The lowest BCUT2D eigenvalue weighted by Crippen LogP contribution is -1.97. The van der Waals surface area contributed by atoms with Gasteiger partial charge < -0.3 is 20.9 Å². The minimum Gasteiger partial charge on any atom is -0.457 e.